The number of H-pyrrole nitrogens is 1. The summed E-state index contributed by atoms with van der Waals surface area (Å²) in [7, 11) is 0. The summed E-state index contributed by atoms with van der Waals surface area (Å²) in [5.41, 5.74) is 1.19. The molecule has 0 saturated carbocycles. The van der Waals surface area contributed by atoms with E-state index in [9.17, 15) is 19.2 Å². The number of carbonyl (C=O) groups is 3. The minimum absolute atomic E-state index is 0.166. The quantitative estimate of drug-likeness (QED) is 0.472. The molecule has 1 saturated heterocycles. The lowest BCUT2D eigenvalue weighted by molar-refractivity contribution is 0.0222. The second kappa shape index (κ2) is 10.8. The van der Waals surface area contributed by atoms with E-state index in [1.807, 2.05) is 0 Å². The first kappa shape index (κ1) is 27.1. The SMILES string of the molecule is C[C@H](c1ccccn1)N(NC(=O)OC(C)(C)C)C(=O)c1c(C(=O)N2CCCC2)[nH]c2cc(Cl)ccc2c1=O. The van der Waals surface area contributed by atoms with Crippen molar-refractivity contribution in [2.75, 3.05) is 13.1 Å². The normalized spacial score (nSPS) is 14.3. The number of halogens is 1. The molecule has 0 unspecified atom stereocenters. The number of benzene rings is 1. The monoisotopic (exact) mass is 539 g/mol. The maximum Gasteiger partial charge on any atom is 0.426 e. The largest absolute Gasteiger partial charge is 0.443 e. The maximum atomic E-state index is 14.1. The van der Waals surface area contributed by atoms with Crippen molar-refractivity contribution < 1.29 is 19.1 Å². The van der Waals surface area contributed by atoms with Crippen molar-refractivity contribution in [3.8, 4) is 0 Å². The molecule has 1 aromatic carbocycles. The Balaban J connectivity index is 1.87. The molecular weight excluding hydrogens is 510 g/mol. The molecule has 1 atom stereocenters. The molecule has 1 fully saturated rings. The molecule has 0 aliphatic carbocycles. The van der Waals surface area contributed by atoms with Crippen molar-refractivity contribution in [3.05, 3.63) is 74.8 Å². The number of hydrogen-bond acceptors (Lipinski definition) is 6. The van der Waals surface area contributed by atoms with E-state index in [0.29, 0.717) is 29.3 Å². The molecule has 3 aromatic rings. The molecule has 0 spiro atoms. The van der Waals surface area contributed by atoms with Gasteiger partial charge in [-0.15, -0.1) is 0 Å². The fraction of sp³-hybridized carbons (Fsp3) is 0.370. The highest BCUT2D eigenvalue weighted by atomic mass is 35.5. The summed E-state index contributed by atoms with van der Waals surface area (Å²) in [5.74, 6) is -1.36. The predicted molar refractivity (Wildman–Crippen MR) is 143 cm³/mol. The fourth-order valence-electron chi connectivity index (χ4n) is 4.30. The van der Waals surface area contributed by atoms with Crippen LogP contribution in [0.1, 0.15) is 73.1 Å². The van der Waals surface area contributed by atoms with Gasteiger partial charge in [0.25, 0.3) is 11.8 Å². The van der Waals surface area contributed by atoms with Gasteiger partial charge in [-0.1, -0.05) is 17.7 Å². The molecule has 3 amide bonds. The second-order valence-corrected chi connectivity index (χ2v) is 10.5. The number of fused-ring (bicyclic) bond motifs is 1. The number of nitrogens with one attached hydrogen (secondary N) is 2. The van der Waals surface area contributed by atoms with Crippen molar-refractivity contribution in [3.63, 3.8) is 0 Å². The van der Waals surface area contributed by atoms with E-state index in [2.05, 4.69) is 15.4 Å². The average molecular weight is 540 g/mol. The third-order valence-electron chi connectivity index (χ3n) is 6.12. The molecule has 1 aliphatic rings. The van der Waals surface area contributed by atoms with Crippen LogP contribution in [0.4, 0.5) is 4.79 Å². The number of amides is 3. The van der Waals surface area contributed by atoms with Gasteiger partial charge in [0.05, 0.1) is 17.3 Å². The van der Waals surface area contributed by atoms with Crippen LogP contribution in [0.5, 0.6) is 0 Å². The van der Waals surface area contributed by atoms with Crippen LogP contribution in [0.15, 0.2) is 47.4 Å². The maximum absolute atomic E-state index is 14.1. The van der Waals surface area contributed by atoms with E-state index < -0.39 is 40.5 Å². The topological polar surface area (TPSA) is 125 Å². The van der Waals surface area contributed by atoms with Crippen LogP contribution in [0.25, 0.3) is 10.9 Å². The third kappa shape index (κ3) is 5.80. The molecular formula is C27H30ClN5O5. The number of carbonyl (C=O) groups excluding carboxylic acids is 3. The van der Waals surface area contributed by atoms with Gasteiger partial charge in [-0.2, -0.15) is 0 Å². The predicted octanol–water partition coefficient (Wildman–Crippen LogP) is 4.46. The molecule has 2 N–H and O–H groups in total. The minimum Gasteiger partial charge on any atom is -0.443 e. The molecule has 10 nitrogen and oxygen atoms in total. The highest BCUT2D eigenvalue weighted by Gasteiger charge is 2.34. The summed E-state index contributed by atoms with van der Waals surface area (Å²) in [5, 5.41) is 1.52. The first-order chi connectivity index (χ1) is 18.0. The van der Waals surface area contributed by atoms with Gasteiger partial charge in [0.1, 0.15) is 16.9 Å². The number of rotatable bonds is 4. The Bertz CT molecular complexity index is 1430. The molecule has 200 valence electrons. The van der Waals surface area contributed by atoms with E-state index in [1.165, 1.54) is 18.2 Å². The number of pyridine rings is 2. The van der Waals surface area contributed by atoms with Gasteiger partial charge in [0.2, 0.25) is 5.43 Å². The molecule has 4 rings (SSSR count). The van der Waals surface area contributed by atoms with Crippen LogP contribution in [-0.2, 0) is 4.74 Å². The summed E-state index contributed by atoms with van der Waals surface area (Å²) in [6.45, 7) is 7.72. The summed E-state index contributed by atoms with van der Waals surface area (Å²) in [6, 6.07) is 8.88. The van der Waals surface area contributed by atoms with E-state index >= 15 is 0 Å². The van der Waals surface area contributed by atoms with Gasteiger partial charge in [-0.05, 0) is 70.9 Å². The zero-order valence-corrected chi connectivity index (χ0v) is 22.5. The number of likely N-dealkylation sites (tertiary alicyclic amines) is 1. The van der Waals surface area contributed by atoms with Crippen molar-refractivity contribution in [1.29, 1.82) is 0 Å². The van der Waals surface area contributed by atoms with Crippen LogP contribution >= 0.6 is 11.6 Å². The lowest BCUT2D eigenvalue weighted by atomic mass is 10.0. The van der Waals surface area contributed by atoms with E-state index in [4.69, 9.17) is 16.3 Å². The zero-order valence-electron chi connectivity index (χ0n) is 21.7. The Kier molecular flexibility index (Phi) is 7.73. The Labute approximate surface area is 224 Å². The average Bonchev–Trinajstić information content (AvgIpc) is 3.40. The molecule has 2 aromatic heterocycles. The number of ether oxygens (including phenoxy) is 1. The minimum atomic E-state index is -0.898. The van der Waals surface area contributed by atoms with Crippen molar-refractivity contribution in [1.82, 2.24) is 25.3 Å². The second-order valence-electron chi connectivity index (χ2n) is 10.1. The number of hydrazine groups is 1. The highest BCUT2D eigenvalue weighted by molar-refractivity contribution is 6.31. The number of nitrogens with zero attached hydrogens (tertiary/aromatic N) is 3. The summed E-state index contributed by atoms with van der Waals surface area (Å²) in [4.78, 5) is 63.1. The van der Waals surface area contributed by atoms with Crippen LogP contribution in [0.3, 0.4) is 0 Å². The van der Waals surface area contributed by atoms with Gasteiger partial charge in [0.15, 0.2) is 0 Å². The molecule has 1 aliphatic heterocycles. The van der Waals surface area contributed by atoms with E-state index in [0.717, 1.165) is 17.9 Å². The summed E-state index contributed by atoms with van der Waals surface area (Å²) < 4.78 is 5.37. The van der Waals surface area contributed by atoms with Crippen molar-refractivity contribution in [2.45, 2.75) is 52.2 Å². The van der Waals surface area contributed by atoms with Gasteiger partial charge in [0, 0.05) is 29.7 Å². The lowest BCUT2D eigenvalue weighted by Gasteiger charge is -2.31. The first-order valence-electron chi connectivity index (χ1n) is 12.3. The Morgan fingerprint density at radius 3 is 2.50 bits per heavy atom. The van der Waals surface area contributed by atoms with Gasteiger partial charge in [-0.25, -0.2) is 15.2 Å². The smallest absolute Gasteiger partial charge is 0.426 e. The van der Waals surface area contributed by atoms with Crippen LogP contribution in [-0.4, -0.2) is 56.5 Å². The fourth-order valence-corrected chi connectivity index (χ4v) is 4.48. The van der Waals surface area contributed by atoms with E-state index in [-0.39, 0.29) is 11.1 Å². The number of aromatic amines is 1. The van der Waals surface area contributed by atoms with Crippen molar-refractivity contribution >= 4 is 40.4 Å². The molecule has 11 heteroatoms. The summed E-state index contributed by atoms with van der Waals surface area (Å²) in [6.07, 6.45) is 2.30. The lowest BCUT2D eigenvalue weighted by Crippen LogP contribution is -2.51. The number of aromatic nitrogens is 2. The molecule has 38 heavy (non-hydrogen) atoms. The zero-order chi connectivity index (χ0) is 27.6. The van der Waals surface area contributed by atoms with Crippen LogP contribution in [0.2, 0.25) is 5.02 Å². The first-order valence-corrected chi connectivity index (χ1v) is 12.7. The number of hydrogen-bond donors (Lipinski definition) is 2. The third-order valence-corrected chi connectivity index (χ3v) is 6.35. The standard InChI is InChI=1S/C27H30ClN5O5/c1-16(19-9-5-6-12-29-19)33(31-26(37)38-27(2,3)4)24(35)21-22(25(36)32-13-7-8-14-32)30-20-15-17(28)10-11-18(20)23(21)34/h5-6,9-12,15-16H,7-8,13-14H2,1-4H3,(H,30,34)(H,31,37)/t16-/m1/s1. The molecule has 0 radical (unpaired) electrons. The van der Waals surface area contributed by atoms with Gasteiger partial charge >= 0.3 is 6.09 Å². The summed E-state index contributed by atoms with van der Waals surface area (Å²) >= 11 is 6.14. The van der Waals surface area contributed by atoms with Crippen LogP contribution in [0, 0.1) is 0 Å². The van der Waals surface area contributed by atoms with Gasteiger partial charge < -0.3 is 14.6 Å². The van der Waals surface area contributed by atoms with Crippen molar-refractivity contribution in [2.24, 2.45) is 0 Å². The highest BCUT2D eigenvalue weighted by Crippen LogP contribution is 2.24. The molecule has 3 heterocycles. The van der Waals surface area contributed by atoms with Gasteiger partial charge in [-0.3, -0.25) is 19.4 Å². The Morgan fingerprint density at radius 2 is 1.87 bits per heavy atom. The Hall–Kier alpha value is -3.92. The Morgan fingerprint density at radius 1 is 1.16 bits per heavy atom. The van der Waals surface area contributed by atoms with E-state index in [1.54, 1.807) is 57.0 Å². The molecule has 0 bridgehead atoms. The van der Waals surface area contributed by atoms with Crippen LogP contribution < -0.4 is 10.9 Å².